The topological polar surface area (TPSA) is 145 Å². The van der Waals surface area contributed by atoms with E-state index in [1.165, 1.54) is 43.8 Å². The number of rotatable bonds is 13. The SMILES string of the molecule is Cn1nc(NS(=O)(=O)CC2CC2)c2c(Cl)ccc(-c3ccc(C#CC(C)(C)S(=O)(=O)C4CC4)nc3[C@H](Cc3cc(F)cc(F)c3)NC(=O)Cn3cc(C(F)(F)F)c4c3C(F)(F)[C@@H]3CC[C@H]43)c21. The number of fused-ring (bicyclic) bond motifs is 4. The summed E-state index contributed by atoms with van der Waals surface area (Å²) in [6.45, 7) is 1.89. The molecule has 3 heterocycles. The molecule has 0 bridgehead atoms. The van der Waals surface area contributed by atoms with Crippen LogP contribution in [0, 0.1) is 35.3 Å². The van der Waals surface area contributed by atoms with Gasteiger partial charge in [0.2, 0.25) is 15.9 Å². The molecule has 350 valence electrons. The van der Waals surface area contributed by atoms with E-state index in [4.69, 9.17) is 16.6 Å². The van der Waals surface area contributed by atoms with E-state index >= 15 is 8.78 Å². The van der Waals surface area contributed by atoms with Crippen molar-refractivity contribution in [2.45, 2.75) is 99.4 Å². The first-order chi connectivity index (χ1) is 30.8. The summed E-state index contributed by atoms with van der Waals surface area (Å²) < 4.78 is 160. The number of anilines is 1. The first kappa shape index (κ1) is 46.0. The van der Waals surface area contributed by atoms with Gasteiger partial charge in [-0.15, -0.1) is 0 Å². The second kappa shape index (κ2) is 16.0. The average molecular weight is 979 g/mol. The molecule has 0 aliphatic heterocycles. The summed E-state index contributed by atoms with van der Waals surface area (Å²) in [7, 11) is -6.06. The number of nitrogens with zero attached hydrogens (tertiary/aromatic N) is 4. The Balaban J connectivity index is 1.19. The number of hydrogen-bond donors (Lipinski definition) is 2. The highest BCUT2D eigenvalue weighted by atomic mass is 35.5. The van der Waals surface area contributed by atoms with Gasteiger partial charge in [0.15, 0.2) is 15.7 Å². The molecular formula is C45H42ClF7N6O5S2. The molecule has 0 unspecified atom stereocenters. The van der Waals surface area contributed by atoms with Gasteiger partial charge in [-0.05, 0) is 118 Å². The van der Waals surface area contributed by atoms with Crippen LogP contribution in [0.4, 0.5) is 36.6 Å². The lowest BCUT2D eigenvalue weighted by Gasteiger charge is -2.34. The highest BCUT2D eigenvalue weighted by Gasteiger charge is 2.62. The van der Waals surface area contributed by atoms with E-state index in [0.717, 1.165) is 25.0 Å². The summed E-state index contributed by atoms with van der Waals surface area (Å²) in [5.74, 6) is -3.70. The van der Waals surface area contributed by atoms with Crippen molar-refractivity contribution in [1.82, 2.24) is 24.6 Å². The highest BCUT2D eigenvalue weighted by molar-refractivity contribution is 7.94. The molecule has 5 aromatic rings. The largest absolute Gasteiger partial charge is 0.418 e. The molecule has 1 amide bonds. The third-order valence-corrected chi connectivity index (χ3v) is 17.5. The van der Waals surface area contributed by atoms with Crippen molar-refractivity contribution in [2.24, 2.45) is 18.9 Å². The van der Waals surface area contributed by atoms with E-state index in [2.05, 4.69) is 27.0 Å². The first-order valence-electron chi connectivity index (χ1n) is 21.2. The third-order valence-electron chi connectivity index (χ3n) is 12.9. The molecule has 3 atom stereocenters. The summed E-state index contributed by atoms with van der Waals surface area (Å²) in [6, 6.07) is 7.18. The molecule has 3 fully saturated rings. The van der Waals surface area contributed by atoms with E-state index in [-0.39, 0.29) is 68.8 Å². The number of hydrogen-bond acceptors (Lipinski definition) is 7. The van der Waals surface area contributed by atoms with Crippen molar-refractivity contribution in [2.75, 3.05) is 10.5 Å². The summed E-state index contributed by atoms with van der Waals surface area (Å²) in [4.78, 5) is 19.0. The number of halogens is 8. The lowest BCUT2D eigenvalue weighted by molar-refractivity contribution is -0.139. The molecule has 21 heteroatoms. The standard InChI is InChI=1S/C45H42ClF7N6O5S2/c1-43(2,66(63,64)28-7-8-28)15-14-27-6-9-29(30-11-13-34(46)38-40(30)58(3)56-42(38)57-65(61,62)22-23-4-5-23)39(54-27)35(18-24-16-25(47)19-26(48)17-24)55-36(60)21-59-20-33(45(51,52)53)37-31-10-12-32(31)44(49,50)41(37)59/h6,9,11,13,16-17,19-20,23,28,31-32,35H,4-5,7-8,10,12,18,21-22H2,1-3H3,(H,55,60)(H,56,57)/t31-,32+,35-/m0/s1. The summed E-state index contributed by atoms with van der Waals surface area (Å²) in [6.07, 6.45) is -2.31. The van der Waals surface area contributed by atoms with Crippen LogP contribution >= 0.6 is 11.6 Å². The zero-order valence-electron chi connectivity index (χ0n) is 35.5. The molecule has 2 aromatic carbocycles. The van der Waals surface area contributed by atoms with Gasteiger partial charge in [0.05, 0.1) is 49.9 Å². The average Bonchev–Trinajstić information content (AvgIpc) is 4.12. The Kier molecular flexibility index (Phi) is 11.2. The Labute approximate surface area is 380 Å². The number of aromatic nitrogens is 4. The van der Waals surface area contributed by atoms with Crippen LogP contribution in [-0.4, -0.2) is 57.8 Å². The van der Waals surface area contributed by atoms with Crippen LogP contribution < -0.4 is 10.0 Å². The van der Waals surface area contributed by atoms with Gasteiger partial charge in [-0.1, -0.05) is 23.6 Å². The Morgan fingerprint density at radius 2 is 1.65 bits per heavy atom. The molecule has 9 rings (SSSR count). The maximum absolute atomic E-state index is 15.8. The normalized spacial score (nSPS) is 19.7. The van der Waals surface area contributed by atoms with Crippen molar-refractivity contribution in [3.8, 4) is 23.0 Å². The van der Waals surface area contributed by atoms with E-state index in [1.54, 1.807) is 6.07 Å². The van der Waals surface area contributed by atoms with E-state index < -0.39 is 107 Å². The minimum absolute atomic E-state index is 0.00193. The number of carbonyl (C=O) groups excluding carboxylic acids is 1. The molecule has 11 nitrogen and oxygen atoms in total. The quantitative estimate of drug-likeness (QED) is 0.0886. The van der Waals surface area contributed by atoms with E-state index in [0.29, 0.717) is 35.2 Å². The second-order valence-electron chi connectivity index (χ2n) is 18.2. The number of pyridine rings is 1. The number of benzene rings is 2. The molecule has 0 spiro atoms. The maximum atomic E-state index is 15.8. The van der Waals surface area contributed by atoms with Gasteiger partial charge in [-0.25, -0.2) is 30.6 Å². The minimum atomic E-state index is -5.00. The number of alkyl halides is 5. The van der Waals surface area contributed by atoms with E-state index in [1.807, 2.05) is 0 Å². The lowest BCUT2D eigenvalue weighted by Crippen LogP contribution is -2.36. The van der Waals surface area contributed by atoms with Gasteiger partial charge in [0.1, 0.15) is 28.6 Å². The van der Waals surface area contributed by atoms with Gasteiger partial charge in [-0.2, -0.15) is 27.1 Å². The second-order valence-corrected chi connectivity index (χ2v) is 23.1. The van der Waals surface area contributed by atoms with Gasteiger partial charge in [0, 0.05) is 36.4 Å². The number of sulfonamides is 1. The third kappa shape index (κ3) is 8.44. The molecule has 66 heavy (non-hydrogen) atoms. The summed E-state index contributed by atoms with van der Waals surface area (Å²) in [5.41, 5.74) is -2.02. The Bertz CT molecular complexity index is 3110. The van der Waals surface area contributed by atoms with Crippen LogP contribution in [0.3, 0.4) is 0 Å². The van der Waals surface area contributed by atoms with Crippen LogP contribution in [0.5, 0.6) is 0 Å². The van der Waals surface area contributed by atoms with Gasteiger partial charge < -0.3 is 9.88 Å². The predicted octanol–water partition coefficient (Wildman–Crippen LogP) is 8.95. The lowest BCUT2D eigenvalue weighted by atomic mass is 9.72. The molecule has 3 saturated carbocycles. The smallest absolute Gasteiger partial charge is 0.346 e. The van der Waals surface area contributed by atoms with Crippen LogP contribution in [0.2, 0.25) is 5.02 Å². The number of nitrogens with one attached hydrogen (secondary N) is 2. The summed E-state index contributed by atoms with van der Waals surface area (Å²) >= 11 is 6.73. The zero-order valence-corrected chi connectivity index (χ0v) is 37.9. The number of carbonyl (C=O) groups is 1. The van der Waals surface area contributed by atoms with Crippen LogP contribution in [-0.2, 0) is 56.8 Å². The van der Waals surface area contributed by atoms with Crippen molar-refractivity contribution in [3.05, 3.63) is 99.1 Å². The predicted molar refractivity (Wildman–Crippen MR) is 232 cm³/mol. The molecular weight excluding hydrogens is 937 g/mol. The Morgan fingerprint density at radius 3 is 2.27 bits per heavy atom. The zero-order chi connectivity index (χ0) is 47.5. The minimum Gasteiger partial charge on any atom is -0.346 e. The van der Waals surface area contributed by atoms with E-state index in [9.17, 15) is 43.6 Å². The molecule has 0 saturated heterocycles. The van der Waals surface area contributed by atoms with Gasteiger partial charge in [-0.3, -0.25) is 14.2 Å². The van der Waals surface area contributed by atoms with Crippen molar-refractivity contribution in [3.63, 3.8) is 0 Å². The summed E-state index contributed by atoms with van der Waals surface area (Å²) in [5, 5.41) is 6.86. The van der Waals surface area contributed by atoms with Crippen LogP contribution in [0.25, 0.3) is 22.0 Å². The van der Waals surface area contributed by atoms with Crippen molar-refractivity contribution in [1.29, 1.82) is 0 Å². The molecule has 2 N–H and O–H groups in total. The van der Waals surface area contributed by atoms with Crippen molar-refractivity contribution < 1.29 is 52.4 Å². The van der Waals surface area contributed by atoms with Gasteiger partial charge in [0.25, 0.3) is 5.92 Å². The monoisotopic (exact) mass is 978 g/mol. The Hall–Kier alpha value is -5.13. The number of aryl methyl sites for hydroxylation is 1. The van der Waals surface area contributed by atoms with Crippen molar-refractivity contribution >= 4 is 54.1 Å². The molecule has 4 aliphatic rings. The molecule has 0 radical (unpaired) electrons. The Morgan fingerprint density at radius 1 is 0.970 bits per heavy atom. The fourth-order valence-electron chi connectivity index (χ4n) is 9.27. The highest BCUT2D eigenvalue weighted by Crippen LogP contribution is 2.64. The van der Waals surface area contributed by atoms with Gasteiger partial charge >= 0.3 is 6.18 Å². The molecule has 3 aromatic heterocycles. The van der Waals surface area contributed by atoms with Crippen LogP contribution in [0.15, 0.2) is 48.7 Å². The maximum Gasteiger partial charge on any atom is 0.418 e. The fourth-order valence-corrected chi connectivity index (χ4v) is 12.8. The van der Waals surface area contributed by atoms with Crippen LogP contribution in [0.1, 0.15) is 98.1 Å². The molecule has 4 aliphatic carbocycles. The number of sulfone groups is 1. The first-order valence-corrected chi connectivity index (χ1v) is 24.8. The fraction of sp³-hybridized carbons (Fsp3) is 0.444. The number of amides is 1.